The molecule has 1 aromatic heterocycles. The van der Waals surface area contributed by atoms with Crippen molar-refractivity contribution >= 4 is 0 Å². The summed E-state index contributed by atoms with van der Waals surface area (Å²) in [6.45, 7) is 8.45. The van der Waals surface area contributed by atoms with Crippen LogP contribution in [0.2, 0.25) is 0 Å². The fraction of sp³-hybridized carbons (Fsp3) is 0.393. The number of terminal acetylenes is 1. The molecule has 1 N–H and O–H groups in total. The number of hydrogen-bond acceptors (Lipinski definition) is 6. The van der Waals surface area contributed by atoms with E-state index < -0.39 is 6.10 Å². The lowest BCUT2D eigenvalue weighted by molar-refractivity contribution is 0.0236. The Morgan fingerprint density at radius 1 is 1.09 bits per heavy atom. The molecule has 0 aliphatic carbocycles. The minimum Gasteiger partial charge on any atom is -0.497 e. The minimum atomic E-state index is -0.658. The van der Waals surface area contributed by atoms with Gasteiger partial charge in [0.25, 0.3) is 0 Å². The smallest absolute Gasteiger partial charge is 0.227 e. The third kappa shape index (κ3) is 7.59. The van der Waals surface area contributed by atoms with Gasteiger partial charge in [-0.2, -0.15) is 5.10 Å². The predicted octanol–water partition coefficient (Wildman–Crippen LogP) is 4.45. The molecule has 0 radical (unpaired) electrons. The van der Waals surface area contributed by atoms with Gasteiger partial charge >= 0.3 is 0 Å². The Balaban J connectivity index is 1.95. The second-order valence-electron chi connectivity index (χ2n) is 8.86. The van der Waals surface area contributed by atoms with Crippen molar-refractivity contribution < 1.29 is 19.3 Å². The van der Waals surface area contributed by atoms with Crippen LogP contribution in [0.4, 0.5) is 0 Å². The summed E-state index contributed by atoms with van der Waals surface area (Å²) >= 11 is 0. The fourth-order valence-electron chi connectivity index (χ4n) is 3.89. The molecule has 186 valence electrons. The number of benzene rings is 2. The Kier molecular flexibility index (Phi) is 9.74. The molecule has 0 amide bonds. The van der Waals surface area contributed by atoms with E-state index in [0.29, 0.717) is 36.4 Å². The van der Waals surface area contributed by atoms with Crippen LogP contribution in [0, 0.1) is 25.2 Å². The summed E-state index contributed by atoms with van der Waals surface area (Å²) in [5.74, 6) is 4.83. The van der Waals surface area contributed by atoms with Crippen molar-refractivity contribution in [3.8, 4) is 35.4 Å². The highest BCUT2D eigenvalue weighted by Crippen LogP contribution is 2.33. The average Bonchev–Trinajstić information content (AvgIpc) is 3.14. The lowest BCUT2D eigenvalue weighted by Crippen LogP contribution is -2.37. The van der Waals surface area contributed by atoms with E-state index in [1.165, 1.54) is 0 Å². The van der Waals surface area contributed by atoms with E-state index in [0.717, 1.165) is 23.5 Å². The monoisotopic (exact) mass is 477 g/mol. The standard InChI is InChI=1S/C28H35N3O4/c1-6-15-34-20-24(32)18-30(17-21(2)3)19-27-22(4)29-31(23-11-8-7-9-12-23)28(27)35-26-14-10-13-25(16-26)33-5/h1,7-14,16,21,24,32H,15,17-20H2,2-5H3/t24-/m1/s1. The first-order valence-corrected chi connectivity index (χ1v) is 11.8. The van der Waals surface area contributed by atoms with Crippen LogP contribution in [-0.4, -0.2) is 59.3 Å². The number of hydrogen-bond donors (Lipinski definition) is 1. The van der Waals surface area contributed by atoms with Gasteiger partial charge in [0.2, 0.25) is 5.88 Å². The maximum absolute atomic E-state index is 10.6. The molecule has 0 fully saturated rings. The number of rotatable bonds is 13. The van der Waals surface area contributed by atoms with Crippen molar-refractivity contribution in [1.29, 1.82) is 0 Å². The van der Waals surface area contributed by atoms with Gasteiger partial charge in [0.1, 0.15) is 18.1 Å². The van der Waals surface area contributed by atoms with Crippen LogP contribution < -0.4 is 9.47 Å². The van der Waals surface area contributed by atoms with E-state index >= 15 is 0 Å². The summed E-state index contributed by atoms with van der Waals surface area (Å²) in [4.78, 5) is 2.20. The largest absolute Gasteiger partial charge is 0.497 e. The van der Waals surface area contributed by atoms with Gasteiger partial charge in [-0.3, -0.25) is 4.90 Å². The summed E-state index contributed by atoms with van der Waals surface area (Å²) < 4.78 is 19.0. The summed E-state index contributed by atoms with van der Waals surface area (Å²) in [5.41, 5.74) is 2.71. The van der Waals surface area contributed by atoms with Crippen LogP contribution in [0.3, 0.4) is 0 Å². The molecule has 1 heterocycles. The summed E-state index contributed by atoms with van der Waals surface area (Å²) in [7, 11) is 1.63. The number of para-hydroxylation sites is 1. The van der Waals surface area contributed by atoms with Crippen LogP contribution in [0.5, 0.6) is 17.4 Å². The number of aliphatic hydroxyl groups is 1. The van der Waals surface area contributed by atoms with Crippen molar-refractivity contribution in [1.82, 2.24) is 14.7 Å². The number of methoxy groups -OCH3 is 1. The zero-order valence-corrected chi connectivity index (χ0v) is 21.0. The highest BCUT2D eigenvalue weighted by atomic mass is 16.5. The summed E-state index contributed by atoms with van der Waals surface area (Å²) in [6, 6.07) is 17.4. The van der Waals surface area contributed by atoms with Gasteiger partial charge in [0, 0.05) is 25.7 Å². The first-order chi connectivity index (χ1) is 16.9. The zero-order valence-electron chi connectivity index (χ0n) is 21.0. The molecule has 3 aromatic rings. The van der Waals surface area contributed by atoms with E-state index in [2.05, 4.69) is 24.7 Å². The molecule has 2 aromatic carbocycles. The number of aliphatic hydroxyl groups excluding tert-OH is 1. The van der Waals surface area contributed by atoms with Crippen LogP contribution in [0.25, 0.3) is 5.69 Å². The molecular formula is C28H35N3O4. The molecule has 0 saturated heterocycles. The van der Waals surface area contributed by atoms with Crippen LogP contribution in [0.1, 0.15) is 25.1 Å². The van der Waals surface area contributed by atoms with Gasteiger partial charge < -0.3 is 19.3 Å². The van der Waals surface area contributed by atoms with E-state index in [-0.39, 0.29) is 13.2 Å². The quantitative estimate of drug-likeness (QED) is 0.290. The lowest BCUT2D eigenvalue weighted by atomic mass is 10.1. The van der Waals surface area contributed by atoms with Crippen molar-refractivity contribution in [2.45, 2.75) is 33.4 Å². The van der Waals surface area contributed by atoms with Gasteiger partial charge in [0.15, 0.2) is 0 Å². The lowest BCUT2D eigenvalue weighted by Gasteiger charge is -2.27. The molecule has 0 unspecified atom stereocenters. The normalized spacial score (nSPS) is 12.1. The fourth-order valence-corrected chi connectivity index (χ4v) is 3.89. The Morgan fingerprint density at radius 2 is 1.83 bits per heavy atom. The van der Waals surface area contributed by atoms with Crippen molar-refractivity contribution in [3.63, 3.8) is 0 Å². The molecule has 7 nitrogen and oxygen atoms in total. The minimum absolute atomic E-state index is 0.183. The van der Waals surface area contributed by atoms with E-state index in [1.807, 2.05) is 66.2 Å². The van der Waals surface area contributed by atoms with Gasteiger partial charge in [0.05, 0.1) is 36.8 Å². The molecule has 7 heteroatoms. The molecule has 0 aliphatic heterocycles. The predicted molar refractivity (Wildman–Crippen MR) is 137 cm³/mol. The molecule has 3 rings (SSSR count). The summed E-state index contributed by atoms with van der Waals surface area (Å²) in [5, 5.41) is 15.4. The Hall–Kier alpha value is -3.31. The Morgan fingerprint density at radius 3 is 2.51 bits per heavy atom. The third-order valence-electron chi connectivity index (χ3n) is 5.36. The third-order valence-corrected chi connectivity index (χ3v) is 5.36. The molecule has 0 aliphatic rings. The number of ether oxygens (including phenoxy) is 3. The number of nitrogens with zero attached hydrogens (tertiary/aromatic N) is 3. The highest BCUT2D eigenvalue weighted by molar-refractivity contribution is 5.44. The van der Waals surface area contributed by atoms with Crippen LogP contribution in [-0.2, 0) is 11.3 Å². The zero-order chi connectivity index (χ0) is 25.2. The molecular weight excluding hydrogens is 442 g/mol. The first-order valence-electron chi connectivity index (χ1n) is 11.8. The van der Waals surface area contributed by atoms with E-state index in [4.69, 9.17) is 25.7 Å². The average molecular weight is 478 g/mol. The van der Waals surface area contributed by atoms with Gasteiger partial charge in [-0.15, -0.1) is 6.42 Å². The van der Waals surface area contributed by atoms with Crippen LogP contribution >= 0.6 is 0 Å². The van der Waals surface area contributed by atoms with Gasteiger partial charge in [-0.1, -0.05) is 44.0 Å². The molecule has 0 bridgehead atoms. The van der Waals surface area contributed by atoms with Crippen molar-refractivity contribution in [3.05, 3.63) is 65.9 Å². The van der Waals surface area contributed by atoms with Crippen molar-refractivity contribution in [2.75, 3.05) is 33.4 Å². The molecule has 0 spiro atoms. The number of aryl methyl sites for hydroxylation is 1. The molecule has 1 atom stereocenters. The molecule has 0 saturated carbocycles. The van der Waals surface area contributed by atoms with Crippen molar-refractivity contribution in [2.24, 2.45) is 5.92 Å². The van der Waals surface area contributed by atoms with E-state index in [9.17, 15) is 5.11 Å². The maximum Gasteiger partial charge on any atom is 0.227 e. The second kappa shape index (κ2) is 13.0. The van der Waals surface area contributed by atoms with E-state index in [1.54, 1.807) is 7.11 Å². The van der Waals surface area contributed by atoms with Gasteiger partial charge in [-0.25, -0.2) is 4.68 Å². The molecule has 35 heavy (non-hydrogen) atoms. The Labute approximate surface area is 208 Å². The van der Waals surface area contributed by atoms with Gasteiger partial charge in [-0.05, 0) is 37.1 Å². The summed E-state index contributed by atoms with van der Waals surface area (Å²) in [6.07, 6.45) is 4.59. The SMILES string of the molecule is C#CCOC[C@H](O)CN(Cc1c(C)nn(-c2ccccc2)c1Oc1cccc(OC)c1)CC(C)C. The first kappa shape index (κ1) is 26.3. The second-order valence-corrected chi connectivity index (χ2v) is 8.86. The maximum atomic E-state index is 10.6. The van der Waals surface area contributed by atoms with Crippen LogP contribution in [0.15, 0.2) is 54.6 Å². The topological polar surface area (TPSA) is 69.0 Å². The highest BCUT2D eigenvalue weighted by Gasteiger charge is 2.23. The Bertz CT molecular complexity index is 1110. The number of aromatic nitrogens is 2.